The molecular formula is C20H16N4O2S2. The summed E-state index contributed by atoms with van der Waals surface area (Å²) in [5.41, 5.74) is 3.26. The largest absolute Gasteiger partial charge is 0.497 e. The summed E-state index contributed by atoms with van der Waals surface area (Å²) in [5.74, 6) is 0.655. The number of carbonyl (C=O) groups excluding carboxylic acids is 1. The van der Waals surface area contributed by atoms with Crippen molar-refractivity contribution in [3.63, 3.8) is 0 Å². The molecule has 0 unspecified atom stereocenters. The Hall–Kier alpha value is -3.10. The number of ether oxygens (including phenoxy) is 1. The number of aromatic nitrogens is 3. The summed E-state index contributed by atoms with van der Waals surface area (Å²) in [6.45, 7) is 0. The van der Waals surface area contributed by atoms with E-state index in [1.807, 2.05) is 53.2 Å². The number of amides is 1. The number of hydrogen-bond donors (Lipinski definition) is 1. The average molecular weight is 409 g/mol. The van der Waals surface area contributed by atoms with Crippen LogP contribution in [0.2, 0.25) is 0 Å². The minimum Gasteiger partial charge on any atom is -0.497 e. The van der Waals surface area contributed by atoms with Gasteiger partial charge < -0.3 is 10.1 Å². The lowest BCUT2D eigenvalue weighted by Gasteiger charge is -2.01. The van der Waals surface area contributed by atoms with Crippen molar-refractivity contribution in [1.82, 2.24) is 15.0 Å². The molecule has 0 radical (unpaired) electrons. The predicted molar refractivity (Wildman–Crippen MR) is 112 cm³/mol. The molecule has 1 N–H and O–H groups in total. The lowest BCUT2D eigenvalue weighted by molar-refractivity contribution is -0.115. The van der Waals surface area contributed by atoms with Gasteiger partial charge in [-0.05, 0) is 36.4 Å². The van der Waals surface area contributed by atoms with E-state index in [0.717, 1.165) is 33.4 Å². The van der Waals surface area contributed by atoms with Crippen LogP contribution in [0.5, 0.6) is 5.75 Å². The minimum atomic E-state index is -0.145. The Bertz CT molecular complexity index is 1080. The molecule has 6 nitrogen and oxygen atoms in total. The number of carbonyl (C=O) groups is 1. The first-order valence-electron chi connectivity index (χ1n) is 8.47. The van der Waals surface area contributed by atoms with E-state index in [4.69, 9.17) is 4.74 Å². The van der Waals surface area contributed by atoms with Crippen molar-refractivity contribution >= 4 is 33.7 Å². The highest BCUT2D eigenvalue weighted by molar-refractivity contribution is 7.14. The van der Waals surface area contributed by atoms with Crippen LogP contribution in [0, 0.1) is 0 Å². The fourth-order valence-corrected chi connectivity index (χ4v) is 4.09. The van der Waals surface area contributed by atoms with Crippen LogP contribution in [0.15, 0.2) is 59.4 Å². The Morgan fingerprint density at radius 3 is 2.64 bits per heavy atom. The first kappa shape index (κ1) is 18.3. The standard InChI is InChI=1S/C20H16N4O2S2/c1-26-15-7-5-13(6-8-15)19-22-14(11-27-19)10-18(25)24-20-23-17(12-28-20)16-4-2-3-9-21-16/h2-9,11-12H,10H2,1H3,(H,23,24,25). The lowest BCUT2D eigenvalue weighted by Crippen LogP contribution is -2.14. The van der Waals surface area contributed by atoms with Crippen molar-refractivity contribution in [3.05, 3.63) is 65.1 Å². The highest BCUT2D eigenvalue weighted by Gasteiger charge is 2.12. The number of nitrogens with one attached hydrogen (secondary N) is 1. The predicted octanol–water partition coefficient (Wildman–Crippen LogP) is 4.52. The minimum absolute atomic E-state index is 0.145. The molecule has 8 heteroatoms. The third kappa shape index (κ3) is 4.24. The molecule has 0 aliphatic carbocycles. The molecule has 0 saturated heterocycles. The normalized spacial score (nSPS) is 10.6. The Balaban J connectivity index is 1.39. The van der Waals surface area contributed by atoms with E-state index in [-0.39, 0.29) is 12.3 Å². The zero-order valence-electron chi connectivity index (χ0n) is 15.0. The molecule has 4 rings (SSSR count). The molecule has 3 aromatic heterocycles. The fourth-order valence-electron chi connectivity index (χ4n) is 2.55. The number of anilines is 1. The summed E-state index contributed by atoms with van der Waals surface area (Å²) in [6, 6.07) is 13.3. The molecule has 0 aliphatic rings. The fraction of sp³-hybridized carbons (Fsp3) is 0.100. The van der Waals surface area contributed by atoms with Crippen LogP contribution < -0.4 is 10.1 Å². The van der Waals surface area contributed by atoms with E-state index in [0.29, 0.717) is 5.13 Å². The van der Waals surface area contributed by atoms with Gasteiger partial charge in [0.05, 0.1) is 24.9 Å². The van der Waals surface area contributed by atoms with E-state index in [1.165, 1.54) is 22.7 Å². The van der Waals surface area contributed by atoms with Gasteiger partial charge in [0.2, 0.25) is 5.91 Å². The highest BCUT2D eigenvalue weighted by atomic mass is 32.1. The van der Waals surface area contributed by atoms with Crippen LogP contribution in [0.25, 0.3) is 22.0 Å². The second-order valence-corrected chi connectivity index (χ2v) is 7.57. The van der Waals surface area contributed by atoms with Crippen molar-refractivity contribution in [3.8, 4) is 27.7 Å². The third-order valence-electron chi connectivity index (χ3n) is 3.91. The zero-order valence-corrected chi connectivity index (χ0v) is 16.6. The van der Waals surface area contributed by atoms with Crippen molar-refractivity contribution in [2.75, 3.05) is 12.4 Å². The monoisotopic (exact) mass is 408 g/mol. The summed E-state index contributed by atoms with van der Waals surface area (Å²) in [6.07, 6.45) is 1.92. The van der Waals surface area contributed by atoms with Crippen LogP contribution in [-0.4, -0.2) is 28.0 Å². The average Bonchev–Trinajstić information content (AvgIpc) is 3.38. The Labute approximate surface area is 169 Å². The van der Waals surface area contributed by atoms with Gasteiger partial charge in [-0.25, -0.2) is 9.97 Å². The van der Waals surface area contributed by atoms with Crippen LogP contribution in [0.3, 0.4) is 0 Å². The number of rotatable bonds is 6. The number of pyridine rings is 1. The smallest absolute Gasteiger partial charge is 0.232 e. The van der Waals surface area contributed by atoms with Gasteiger partial charge in [0.1, 0.15) is 16.5 Å². The highest BCUT2D eigenvalue weighted by Crippen LogP contribution is 2.26. The molecule has 0 saturated carbocycles. The second-order valence-electron chi connectivity index (χ2n) is 5.85. The summed E-state index contributed by atoms with van der Waals surface area (Å²) in [5, 5.41) is 8.04. The van der Waals surface area contributed by atoms with E-state index >= 15 is 0 Å². The molecule has 4 aromatic rings. The third-order valence-corrected chi connectivity index (χ3v) is 5.61. The van der Waals surface area contributed by atoms with E-state index in [2.05, 4.69) is 20.3 Å². The van der Waals surface area contributed by atoms with Crippen molar-refractivity contribution in [2.24, 2.45) is 0 Å². The zero-order chi connectivity index (χ0) is 19.3. The Morgan fingerprint density at radius 2 is 1.89 bits per heavy atom. The maximum Gasteiger partial charge on any atom is 0.232 e. The summed E-state index contributed by atoms with van der Waals surface area (Å²) in [7, 11) is 1.64. The van der Waals surface area contributed by atoms with Gasteiger partial charge in [0, 0.05) is 22.5 Å². The van der Waals surface area contributed by atoms with Gasteiger partial charge in [0.15, 0.2) is 5.13 Å². The van der Waals surface area contributed by atoms with Gasteiger partial charge in [-0.2, -0.15) is 0 Å². The molecule has 0 fully saturated rings. The Morgan fingerprint density at radius 1 is 1.04 bits per heavy atom. The molecular weight excluding hydrogens is 392 g/mol. The van der Waals surface area contributed by atoms with Gasteiger partial charge in [0.25, 0.3) is 0 Å². The van der Waals surface area contributed by atoms with Crippen LogP contribution in [-0.2, 0) is 11.2 Å². The number of methoxy groups -OCH3 is 1. The van der Waals surface area contributed by atoms with Crippen LogP contribution in [0.1, 0.15) is 5.69 Å². The van der Waals surface area contributed by atoms with Gasteiger partial charge in [-0.3, -0.25) is 9.78 Å². The van der Waals surface area contributed by atoms with Crippen LogP contribution in [0.4, 0.5) is 5.13 Å². The quantitative estimate of drug-likeness (QED) is 0.508. The van der Waals surface area contributed by atoms with Crippen LogP contribution >= 0.6 is 22.7 Å². The first-order valence-corrected chi connectivity index (χ1v) is 10.2. The molecule has 140 valence electrons. The summed E-state index contributed by atoms with van der Waals surface area (Å²) >= 11 is 2.89. The molecule has 3 heterocycles. The number of hydrogen-bond acceptors (Lipinski definition) is 7. The molecule has 0 atom stereocenters. The maximum atomic E-state index is 12.3. The molecule has 0 bridgehead atoms. The Kier molecular flexibility index (Phi) is 5.41. The first-order chi connectivity index (χ1) is 13.7. The van der Waals surface area contributed by atoms with Gasteiger partial charge >= 0.3 is 0 Å². The molecule has 0 aliphatic heterocycles. The van der Waals surface area contributed by atoms with Crippen molar-refractivity contribution in [2.45, 2.75) is 6.42 Å². The van der Waals surface area contributed by atoms with E-state index in [9.17, 15) is 4.79 Å². The number of nitrogens with zero attached hydrogens (tertiary/aromatic N) is 3. The van der Waals surface area contributed by atoms with E-state index in [1.54, 1.807) is 13.3 Å². The van der Waals surface area contributed by atoms with Crippen molar-refractivity contribution < 1.29 is 9.53 Å². The SMILES string of the molecule is COc1ccc(-c2nc(CC(=O)Nc3nc(-c4ccccn4)cs3)cs2)cc1. The van der Waals surface area contributed by atoms with Crippen molar-refractivity contribution in [1.29, 1.82) is 0 Å². The summed E-state index contributed by atoms with van der Waals surface area (Å²) < 4.78 is 5.17. The topological polar surface area (TPSA) is 77.0 Å². The molecule has 0 spiro atoms. The molecule has 1 aromatic carbocycles. The maximum absolute atomic E-state index is 12.3. The number of benzene rings is 1. The van der Waals surface area contributed by atoms with E-state index < -0.39 is 0 Å². The molecule has 28 heavy (non-hydrogen) atoms. The number of thiazole rings is 2. The lowest BCUT2D eigenvalue weighted by atomic mass is 10.2. The summed E-state index contributed by atoms with van der Waals surface area (Å²) in [4.78, 5) is 25.6. The molecule has 1 amide bonds. The van der Waals surface area contributed by atoms with Gasteiger partial charge in [-0.1, -0.05) is 6.07 Å². The second kappa shape index (κ2) is 8.28. The van der Waals surface area contributed by atoms with Gasteiger partial charge in [-0.15, -0.1) is 22.7 Å².